The topological polar surface area (TPSA) is 77.1 Å². The molecule has 0 N–H and O–H groups in total. The number of rotatable bonds is 4. The van der Waals surface area contributed by atoms with E-state index in [2.05, 4.69) is 15.2 Å². The number of aromatic nitrogens is 4. The number of carbonyl (C=O) groups excluding carboxylic acids is 1. The number of hydrogen-bond acceptors (Lipinski definition) is 6. The standard InChI is InChI=1S/C15H19N5O2/c1-19-8-6-16-13(19)12(21)11-3-2-7-20(9-11)15-18-17-14(22-15)10-4-5-10/h6,8,10-11H,2-5,7,9H2,1H3/t11-/m1/s1. The van der Waals surface area contributed by atoms with E-state index in [4.69, 9.17) is 4.42 Å². The third kappa shape index (κ3) is 2.40. The van der Waals surface area contributed by atoms with Crippen LogP contribution in [0.2, 0.25) is 0 Å². The van der Waals surface area contributed by atoms with Crippen LogP contribution in [0.5, 0.6) is 0 Å². The zero-order chi connectivity index (χ0) is 15.1. The third-order valence-corrected chi connectivity index (χ3v) is 4.46. The van der Waals surface area contributed by atoms with Crippen LogP contribution in [0.4, 0.5) is 6.01 Å². The molecule has 2 fully saturated rings. The highest BCUT2D eigenvalue weighted by Crippen LogP contribution is 2.40. The third-order valence-electron chi connectivity index (χ3n) is 4.46. The molecule has 116 valence electrons. The lowest BCUT2D eigenvalue weighted by Crippen LogP contribution is -2.39. The molecular formula is C15H19N5O2. The first-order chi connectivity index (χ1) is 10.7. The first-order valence-electron chi connectivity index (χ1n) is 7.82. The summed E-state index contributed by atoms with van der Waals surface area (Å²) in [6, 6.07) is 0.555. The van der Waals surface area contributed by atoms with Crippen molar-refractivity contribution in [2.75, 3.05) is 18.0 Å². The molecule has 2 aromatic heterocycles. The number of carbonyl (C=O) groups is 1. The van der Waals surface area contributed by atoms with Gasteiger partial charge >= 0.3 is 6.01 Å². The monoisotopic (exact) mass is 301 g/mol. The summed E-state index contributed by atoms with van der Waals surface area (Å²) in [5, 5.41) is 8.28. The number of anilines is 1. The zero-order valence-electron chi connectivity index (χ0n) is 12.6. The average molecular weight is 301 g/mol. The molecule has 1 saturated heterocycles. The minimum absolute atomic E-state index is 0.0638. The van der Waals surface area contributed by atoms with Gasteiger partial charge in [0.05, 0.1) is 0 Å². The molecule has 1 aliphatic heterocycles. The summed E-state index contributed by atoms with van der Waals surface area (Å²) in [5.41, 5.74) is 0. The van der Waals surface area contributed by atoms with Gasteiger partial charge < -0.3 is 13.9 Å². The Labute approximate surface area is 128 Å². The molecule has 7 heteroatoms. The second-order valence-electron chi connectivity index (χ2n) is 6.21. The van der Waals surface area contributed by atoms with Crippen LogP contribution < -0.4 is 4.90 Å². The Morgan fingerprint density at radius 1 is 1.32 bits per heavy atom. The summed E-state index contributed by atoms with van der Waals surface area (Å²) in [6.45, 7) is 1.48. The Balaban J connectivity index is 1.49. The fraction of sp³-hybridized carbons (Fsp3) is 0.600. The lowest BCUT2D eigenvalue weighted by atomic mass is 9.93. The molecule has 0 radical (unpaired) electrons. The molecule has 1 atom stereocenters. The van der Waals surface area contributed by atoms with Crippen LogP contribution in [0.1, 0.15) is 48.1 Å². The second-order valence-corrected chi connectivity index (χ2v) is 6.21. The maximum absolute atomic E-state index is 12.6. The molecule has 0 spiro atoms. The Morgan fingerprint density at radius 2 is 2.18 bits per heavy atom. The highest BCUT2D eigenvalue weighted by Gasteiger charge is 2.33. The summed E-state index contributed by atoms with van der Waals surface area (Å²) < 4.78 is 7.54. The van der Waals surface area contributed by atoms with E-state index in [9.17, 15) is 4.79 Å². The molecular weight excluding hydrogens is 282 g/mol. The van der Waals surface area contributed by atoms with Crippen molar-refractivity contribution in [1.82, 2.24) is 19.7 Å². The molecule has 0 aromatic carbocycles. The van der Waals surface area contributed by atoms with Crippen molar-refractivity contribution in [3.8, 4) is 0 Å². The molecule has 7 nitrogen and oxygen atoms in total. The molecule has 4 rings (SSSR count). The number of Topliss-reactive ketones (excluding diaryl/α,β-unsaturated/α-hetero) is 1. The van der Waals surface area contributed by atoms with Crippen LogP contribution in [0.15, 0.2) is 16.8 Å². The average Bonchev–Trinajstić information content (AvgIpc) is 3.11. The highest BCUT2D eigenvalue weighted by molar-refractivity contribution is 5.95. The van der Waals surface area contributed by atoms with Crippen molar-refractivity contribution in [1.29, 1.82) is 0 Å². The Bertz CT molecular complexity index is 688. The maximum Gasteiger partial charge on any atom is 0.318 e. The van der Waals surface area contributed by atoms with Crippen molar-refractivity contribution in [2.24, 2.45) is 13.0 Å². The van der Waals surface area contributed by atoms with E-state index >= 15 is 0 Å². The van der Waals surface area contributed by atoms with Crippen LogP contribution in [-0.4, -0.2) is 38.6 Å². The van der Waals surface area contributed by atoms with E-state index in [1.165, 1.54) is 0 Å². The zero-order valence-corrected chi connectivity index (χ0v) is 12.6. The fourth-order valence-corrected chi connectivity index (χ4v) is 3.00. The van der Waals surface area contributed by atoms with Crippen molar-refractivity contribution >= 4 is 11.8 Å². The number of aryl methyl sites for hydroxylation is 1. The van der Waals surface area contributed by atoms with Gasteiger partial charge in [0.25, 0.3) is 0 Å². The molecule has 1 saturated carbocycles. The van der Waals surface area contributed by atoms with Crippen LogP contribution in [0.25, 0.3) is 0 Å². The van der Waals surface area contributed by atoms with Crippen LogP contribution in [-0.2, 0) is 7.05 Å². The molecule has 0 bridgehead atoms. The second kappa shape index (κ2) is 5.23. The van der Waals surface area contributed by atoms with Gasteiger partial charge in [-0.3, -0.25) is 4.79 Å². The summed E-state index contributed by atoms with van der Waals surface area (Å²) in [5.74, 6) is 1.75. The Morgan fingerprint density at radius 3 is 2.91 bits per heavy atom. The Hall–Kier alpha value is -2.18. The summed E-state index contributed by atoms with van der Waals surface area (Å²) in [7, 11) is 1.85. The number of ketones is 1. The van der Waals surface area contributed by atoms with E-state index in [1.807, 2.05) is 11.9 Å². The fourth-order valence-electron chi connectivity index (χ4n) is 3.00. The van der Waals surface area contributed by atoms with Gasteiger partial charge in [0.2, 0.25) is 11.7 Å². The van der Waals surface area contributed by atoms with E-state index in [0.717, 1.165) is 38.1 Å². The van der Waals surface area contributed by atoms with Crippen LogP contribution >= 0.6 is 0 Å². The maximum atomic E-state index is 12.6. The summed E-state index contributed by atoms with van der Waals surface area (Å²) in [4.78, 5) is 18.8. The van der Waals surface area contributed by atoms with Crippen molar-refractivity contribution in [3.05, 3.63) is 24.1 Å². The highest BCUT2D eigenvalue weighted by atomic mass is 16.4. The van der Waals surface area contributed by atoms with E-state index in [-0.39, 0.29) is 11.7 Å². The lowest BCUT2D eigenvalue weighted by Gasteiger charge is -2.30. The Kier molecular flexibility index (Phi) is 3.20. The van der Waals surface area contributed by atoms with Gasteiger partial charge in [-0.1, -0.05) is 5.10 Å². The minimum Gasteiger partial charge on any atom is -0.408 e. The normalized spacial score (nSPS) is 22.0. The minimum atomic E-state index is -0.0638. The van der Waals surface area contributed by atoms with Crippen LogP contribution in [0.3, 0.4) is 0 Å². The smallest absolute Gasteiger partial charge is 0.318 e. The SMILES string of the molecule is Cn1ccnc1C(=O)[C@@H]1CCCN(c2nnc(C3CC3)o2)C1. The van der Waals surface area contributed by atoms with Gasteiger partial charge in [0, 0.05) is 44.4 Å². The molecule has 0 amide bonds. The number of imidazole rings is 1. The van der Waals surface area contributed by atoms with Crippen molar-refractivity contribution in [2.45, 2.75) is 31.6 Å². The van der Waals surface area contributed by atoms with Crippen LogP contribution in [0, 0.1) is 5.92 Å². The molecule has 22 heavy (non-hydrogen) atoms. The van der Waals surface area contributed by atoms with Gasteiger partial charge in [0.15, 0.2) is 5.82 Å². The lowest BCUT2D eigenvalue weighted by molar-refractivity contribution is 0.0892. The van der Waals surface area contributed by atoms with Gasteiger partial charge in [-0.05, 0) is 25.7 Å². The predicted octanol–water partition coefficient (Wildman–Crippen LogP) is 1.78. The predicted molar refractivity (Wildman–Crippen MR) is 78.7 cm³/mol. The van der Waals surface area contributed by atoms with Gasteiger partial charge in [0.1, 0.15) is 0 Å². The number of piperidine rings is 1. The molecule has 1 aliphatic carbocycles. The molecule has 3 heterocycles. The van der Waals surface area contributed by atoms with Crippen molar-refractivity contribution < 1.29 is 9.21 Å². The van der Waals surface area contributed by atoms with E-state index in [0.29, 0.717) is 24.3 Å². The quantitative estimate of drug-likeness (QED) is 0.801. The summed E-state index contributed by atoms with van der Waals surface area (Å²) >= 11 is 0. The van der Waals surface area contributed by atoms with Gasteiger partial charge in [-0.15, -0.1) is 5.10 Å². The number of nitrogens with zero attached hydrogens (tertiary/aromatic N) is 5. The molecule has 0 unspecified atom stereocenters. The van der Waals surface area contributed by atoms with Gasteiger partial charge in [-0.25, -0.2) is 4.98 Å². The first-order valence-corrected chi connectivity index (χ1v) is 7.82. The molecule has 2 aliphatic rings. The molecule has 2 aromatic rings. The van der Waals surface area contributed by atoms with Gasteiger partial charge in [-0.2, -0.15) is 0 Å². The number of hydrogen-bond donors (Lipinski definition) is 0. The summed E-state index contributed by atoms with van der Waals surface area (Å²) in [6.07, 6.45) is 7.57. The largest absolute Gasteiger partial charge is 0.408 e. The van der Waals surface area contributed by atoms with E-state index < -0.39 is 0 Å². The van der Waals surface area contributed by atoms with Crippen molar-refractivity contribution in [3.63, 3.8) is 0 Å². The first kappa shape index (κ1) is 13.5. The van der Waals surface area contributed by atoms with E-state index in [1.54, 1.807) is 17.0 Å².